The second-order valence-electron chi connectivity index (χ2n) is 13.5. The molecule has 4 aliphatic rings. The van der Waals surface area contributed by atoms with E-state index in [1.54, 1.807) is 25.4 Å². The molecular formula is C33H41ClFN5O4. The van der Waals surface area contributed by atoms with Crippen LogP contribution in [0, 0.1) is 11.7 Å². The van der Waals surface area contributed by atoms with Gasteiger partial charge in [-0.2, -0.15) is 9.97 Å². The van der Waals surface area contributed by atoms with Gasteiger partial charge < -0.3 is 24.2 Å². The van der Waals surface area contributed by atoms with Gasteiger partial charge in [-0.15, -0.1) is 0 Å². The van der Waals surface area contributed by atoms with Crippen molar-refractivity contribution in [1.29, 1.82) is 0 Å². The van der Waals surface area contributed by atoms with E-state index in [1.165, 1.54) is 0 Å². The standard InChI is InChI=1S/C33H41ClFN5O4/c1-20-13-22(20)26-23(14-21(15-25(26)34)44-19-42-3)28-27(35)29-24(16-36-28)30(39-10-4-7-32(2,41)17-39)38-31(37-29)43-18-33-8-5-11-40(33)12-6-9-33/h14-16,20,22,41H,4-13,17-19H2,1-3H3. The molecule has 0 amide bonds. The van der Waals surface area contributed by atoms with Crippen LogP contribution in [0.2, 0.25) is 5.02 Å². The number of pyridine rings is 1. The zero-order valence-electron chi connectivity index (χ0n) is 25.7. The van der Waals surface area contributed by atoms with Gasteiger partial charge in [0.2, 0.25) is 0 Å². The molecule has 236 valence electrons. The van der Waals surface area contributed by atoms with Crippen molar-refractivity contribution in [3.63, 3.8) is 0 Å². The number of hydrogen-bond donors (Lipinski definition) is 1. The summed E-state index contributed by atoms with van der Waals surface area (Å²) in [5, 5.41) is 11.9. The van der Waals surface area contributed by atoms with Gasteiger partial charge in [-0.3, -0.25) is 9.88 Å². The molecule has 11 heteroatoms. The summed E-state index contributed by atoms with van der Waals surface area (Å²) >= 11 is 6.81. The Morgan fingerprint density at radius 2 is 1.84 bits per heavy atom. The number of piperidine rings is 1. The Morgan fingerprint density at radius 3 is 2.55 bits per heavy atom. The van der Waals surface area contributed by atoms with Gasteiger partial charge >= 0.3 is 6.01 Å². The highest BCUT2D eigenvalue weighted by Crippen LogP contribution is 2.53. The average Bonchev–Trinajstić information content (AvgIpc) is 3.37. The molecule has 3 aromatic rings. The van der Waals surface area contributed by atoms with Crippen LogP contribution in [0.3, 0.4) is 0 Å². The summed E-state index contributed by atoms with van der Waals surface area (Å²) in [6, 6.07) is 3.69. The zero-order valence-corrected chi connectivity index (χ0v) is 26.5. The Labute approximate surface area is 262 Å². The Morgan fingerprint density at radius 1 is 1.09 bits per heavy atom. The van der Waals surface area contributed by atoms with Crippen molar-refractivity contribution < 1.29 is 23.7 Å². The first-order valence-corrected chi connectivity index (χ1v) is 16.2. The van der Waals surface area contributed by atoms with Crippen LogP contribution in [0.1, 0.15) is 70.3 Å². The molecule has 2 aromatic heterocycles. The zero-order chi connectivity index (χ0) is 30.6. The van der Waals surface area contributed by atoms with Gasteiger partial charge in [0.05, 0.1) is 16.5 Å². The molecule has 0 radical (unpaired) electrons. The van der Waals surface area contributed by atoms with Gasteiger partial charge in [-0.05, 0) is 94.5 Å². The topological polar surface area (TPSA) is 93.1 Å². The molecule has 7 rings (SSSR count). The number of rotatable bonds is 9. The van der Waals surface area contributed by atoms with E-state index in [1.807, 2.05) is 11.8 Å². The third-order valence-corrected chi connectivity index (χ3v) is 10.4. The van der Waals surface area contributed by atoms with Crippen molar-refractivity contribution in [1.82, 2.24) is 19.9 Å². The molecule has 1 aliphatic carbocycles. The Kier molecular flexibility index (Phi) is 7.84. The van der Waals surface area contributed by atoms with E-state index in [-0.39, 0.29) is 35.5 Å². The maximum atomic E-state index is 16.9. The van der Waals surface area contributed by atoms with Gasteiger partial charge in [0.25, 0.3) is 0 Å². The highest BCUT2D eigenvalue weighted by atomic mass is 35.5. The molecule has 0 bridgehead atoms. The number of fused-ring (bicyclic) bond motifs is 2. The minimum Gasteiger partial charge on any atom is -0.467 e. The lowest BCUT2D eigenvalue weighted by Gasteiger charge is -2.38. The molecule has 3 unspecified atom stereocenters. The number of benzene rings is 1. The Hall–Kier alpha value is -2.79. The van der Waals surface area contributed by atoms with E-state index < -0.39 is 11.4 Å². The van der Waals surface area contributed by atoms with Crippen LogP contribution in [0.5, 0.6) is 11.8 Å². The third-order valence-electron chi connectivity index (χ3n) is 10.1. The largest absolute Gasteiger partial charge is 0.467 e. The fourth-order valence-electron chi connectivity index (χ4n) is 7.68. The van der Waals surface area contributed by atoms with Crippen LogP contribution in [0.15, 0.2) is 18.3 Å². The van der Waals surface area contributed by atoms with Gasteiger partial charge in [0.15, 0.2) is 12.6 Å². The van der Waals surface area contributed by atoms with Gasteiger partial charge in [0.1, 0.15) is 29.4 Å². The quantitative estimate of drug-likeness (QED) is 0.290. The van der Waals surface area contributed by atoms with Crippen molar-refractivity contribution >= 4 is 28.3 Å². The van der Waals surface area contributed by atoms with Gasteiger partial charge in [-0.25, -0.2) is 4.39 Å². The normalized spacial score (nSPS) is 26.3. The van der Waals surface area contributed by atoms with Crippen LogP contribution >= 0.6 is 11.6 Å². The highest BCUT2D eigenvalue weighted by Gasteiger charge is 2.45. The maximum absolute atomic E-state index is 16.9. The molecule has 5 heterocycles. The number of aromatic nitrogens is 3. The molecule has 4 fully saturated rings. The SMILES string of the molecule is COCOc1cc(Cl)c(C2CC2C)c(-c2ncc3c(N4CCCC(C)(O)C4)nc(OCC45CCCN4CCC5)nc3c2F)c1. The van der Waals surface area contributed by atoms with E-state index >= 15 is 4.39 Å². The lowest BCUT2D eigenvalue weighted by atomic mass is 9.95. The van der Waals surface area contributed by atoms with Crippen LogP contribution in [-0.4, -0.2) is 82.8 Å². The van der Waals surface area contributed by atoms with E-state index in [0.717, 1.165) is 57.2 Å². The molecule has 0 spiro atoms. The van der Waals surface area contributed by atoms with E-state index in [0.29, 0.717) is 59.6 Å². The summed E-state index contributed by atoms with van der Waals surface area (Å²) in [4.78, 5) is 18.7. The summed E-state index contributed by atoms with van der Waals surface area (Å²) in [5.41, 5.74) is 0.868. The van der Waals surface area contributed by atoms with Crippen molar-refractivity contribution in [3.05, 3.63) is 34.7 Å². The van der Waals surface area contributed by atoms with Crippen molar-refractivity contribution in [2.75, 3.05) is 51.6 Å². The van der Waals surface area contributed by atoms with Crippen molar-refractivity contribution in [2.45, 2.75) is 75.9 Å². The fourth-order valence-corrected chi connectivity index (χ4v) is 8.03. The second kappa shape index (κ2) is 11.5. The van der Waals surface area contributed by atoms with E-state index in [4.69, 9.17) is 30.8 Å². The lowest BCUT2D eigenvalue weighted by Crippen LogP contribution is -2.46. The highest BCUT2D eigenvalue weighted by molar-refractivity contribution is 6.32. The first-order valence-electron chi connectivity index (χ1n) is 15.8. The van der Waals surface area contributed by atoms with E-state index in [9.17, 15) is 5.11 Å². The monoisotopic (exact) mass is 625 g/mol. The Balaban J connectivity index is 1.34. The molecule has 9 nitrogen and oxygen atoms in total. The Bertz CT molecular complexity index is 1560. The minimum absolute atomic E-state index is 0.00945. The minimum atomic E-state index is -0.884. The van der Waals surface area contributed by atoms with Crippen LogP contribution in [0.4, 0.5) is 10.2 Å². The summed E-state index contributed by atoms with van der Waals surface area (Å²) in [6.45, 7) is 7.71. The predicted octanol–water partition coefficient (Wildman–Crippen LogP) is 5.95. The number of methoxy groups -OCH3 is 1. The molecule has 1 N–H and O–H groups in total. The van der Waals surface area contributed by atoms with Gasteiger partial charge in [0, 0.05) is 37.0 Å². The third kappa shape index (κ3) is 5.48. The number of nitrogens with zero attached hydrogens (tertiary/aromatic N) is 5. The maximum Gasteiger partial charge on any atom is 0.319 e. The van der Waals surface area contributed by atoms with Gasteiger partial charge in [-0.1, -0.05) is 18.5 Å². The average molecular weight is 626 g/mol. The number of hydrogen-bond acceptors (Lipinski definition) is 9. The van der Waals surface area contributed by atoms with Crippen LogP contribution in [0.25, 0.3) is 22.2 Å². The van der Waals surface area contributed by atoms with E-state index in [2.05, 4.69) is 21.8 Å². The fraction of sp³-hybridized carbons (Fsp3) is 0.606. The van der Waals surface area contributed by atoms with Crippen molar-refractivity contribution in [2.24, 2.45) is 5.92 Å². The number of ether oxygens (including phenoxy) is 3. The first-order chi connectivity index (χ1) is 21.2. The summed E-state index contributed by atoms with van der Waals surface area (Å²) < 4.78 is 34.0. The first kappa shape index (κ1) is 29.9. The molecule has 1 aromatic carbocycles. The molecule has 3 saturated heterocycles. The molecule has 3 aliphatic heterocycles. The lowest BCUT2D eigenvalue weighted by molar-refractivity contribution is 0.0447. The number of aliphatic hydroxyl groups is 1. The van der Waals surface area contributed by atoms with Crippen LogP contribution < -0.4 is 14.4 Å². The van der Waals surface area contributed by atoms with Crippen LogP contribution in [-0.2, 0) is 4.74 Å². The summed E-state index contributed by atoms with van der Waals surface area (Å²) in [6.07, 6.45) is 8.55. The number of halogens is 2. The summed E-state index contributed by atoms with van der Waals surface area (Å²) in [5.74, 6) is 1.09. The smallest absolute Gasteiger partial charge is 0.319 e. The second-order valence-corrected chi connectivity index (χ2v) is 13.9. The number of anilines is 1. The molecule has 3 atom stereocenters. The molecule has 44 heavy (non-hydrogen) atoms. The molecular weight excluding hydrogens is 585 g/mol. The molecule has 1 saturated carbocycles. The predicted molar refractivity (Wildman–Crippen MR) is 167 cm³/mol. The van der Waals surface area contributed by atoms with Crippen molar-refractivity contribution in [3.8, 4) is 23.0 Å². The number of β-amino-alcohol motifs (C(OH)–C–C–N with tert-alkyl or cyclic N) is 1. The summed E-state index contributed by atoms with van der Waals surface area (Å²) in [7, 11) is 1.54.